The third kappa shape index (κ3) is 2.62. The number of rotatable bonds is 3. The van der Waals surface area contributed by atoms with Gasteiger partial charge in [-0.2, -0.15) is 0 Å². The lowest BCUT2D eigenvalue weighted by molar-refractivity contribution is 0.0936. The zero-order valence-corrected chi connectivity index (χ0v) is 10.6. The van der Waals surface area contributed by atoms with Crippen molar-refractivity contribution in [2.75, 3.05) is 12.3 Å². The van der Waals surface area contributed by atoms with Crippen LogP contribution in [0.3, 0.4) is 0 Å². The van der Waals surface area contributed by atoms with E-state index in [0.29, 0.717) is 17.3 Å². The fourth-order valence-electron chi connectivity index (χ4n) is 2.66. The van der Waals surface area contributed by atoms with Crippen molar-refractivity contribution in [1.82, 2.24) is 9.88 Å². The summed E-state index contributed by atoms with van der Waals surface area (Å²) in [5.74, 6) is 1.34. The first-order chi connectivity index (χ1) is 8.08. The molecule has 1 aliphatic rings. The minimum absolute atomic E-state index is 0.0247. The van der Waals surface area contributed by atoms with E-state index in [4.69, 9.17) is 5.73 Å². The number of nitrogens with zero attached hydrogens (tertiary/aromatic N) is 1. The molecule has 0 aromatic carbocycles. The molecule has 0 spiro atoms. The van der Waals surface area contributed by atoms with E-state index < -0.39 is 0 Å². The van der Waals surface area contributed by atoms with Gasteiger partial charge in [-0.05, 0) is 24.3 Å². The number of nitrogens with one attached hydrogen (secondary N) is 1. The van der Waals surface area contributed by atoms with Crippen LogP contribution < -0.4 is 11.1 Å². The second kappa shape index (κ2) is 4.82. The number of amides is 1. The van der Waals surface area contributed by atoms with Crippen molar-refractivity contribution in [3.63, 3.8) is 0 Å². The summed E-state index contributed by atoms with van der Waals surface area (Å²) < 4.78 is 1.77. The molecule has 0 saturated heterocycles. The van der Waals surface area contributed by atoms with Crippen molar-refractivity contribution >= 4 is 11.6 Å². The third-order valence-corrected chi connectivity index (χ3v) is 3.82. The number of nitrogen functional groups attached to an aromatic ring is 1. The van der Waals surface area contributed by atoms with Crippen molar-refractivity contribution in [2.24, 2.45) is 18.9 Å². The number of aromatic nitrogens is 1. The Morgan fingerprint density at radius 3 is 2.88 bits per heavy atom. The van der Waals surface area contributed by atoms with E-state index in [-0.39, 0.29) is 5.91 Å². The van der Waals surface area contributed by atoms with Crippen LogP contribution in [0.1, 0.15) is 36.7 Å². The van der Waals surface area contributed by atoms with Gasteiger partial charge in [-0.3, -0.25) is 4.79 Å². The second-order valence-electron chi connectivity index (χ2n) is 5.15. The summed E-state index contributed by atoms with van der Waals surface area (Å²) in [5.41, 5.74) is 6.92. The Labute approximate surface area is 102 Å². The molecule has 2 rings (SSSR count). The molecule has 2 unspecified atom stereocenters. The standard InChI is InChI=1S/C13H21N3O/c1-9-4-3-5-10(9)7-15-13(17)12-6-11(14)8-16(12)2/h6,8-10H,3-5,7,14H2,1-2H3,(H,15,17). The molecule has 17 heavy (non-hydrogen) atoms. The summed E-state index contributed by atoms with van der Waals surface area (Å²) in [7, 11) is 1.84. The van der Waals surface area contributed by atoms with E-state index in [0.717, 1.165) is 12.5 Å². The number of anilines is 1. The van der Waals surface area contributed by atoms with Gasteiger partial charge in [0.25, 0.3) is 5.91 Å². The van der Waals surface area contributed by atoms with Gasteiger partial charge in [0.1, 0.15) is 5.69 Å². The van der Waals surface area contributed by atoms with Crippen LogP contribution in [0, 0.1) is 11.8 Å². The van der Waals surface area contributed by atoms with Gasteiger partial charge in [-0.25, -0.2) is 0 Å². The Bertz CT molecular complexity index is 411. The van der Waals surface area contributed by atoms with Crippen molar-refractivity contribution in [3.8, 4) is 0 Å². The highest BCUT2D eigenvalue weighted by Gasteiger charge is 2.24. The Kier molecular flexibility index (Phi) is 3.41. The average molecular weight is 235 g/mol. The van der Waals surface area contributed by atoms with Crippen molar-refractivity contribution in [1.29, 1.82) is 0 Å². The molecular weight excluding hydrogens is 214 g/mol. The number of nitrogens with two attached hydrogens (primary N) is 1. The Balaban J connectivity index is 1.91. The van der Waals surface area contributed by atoms with Crippen molar-refractivity contribution in [3.05, 3.63) is 18.0 Å². The van der Waals surface area contributed by atoms with E-state index in [1.54, 1.807) is 16.8 Å². The smallest absolute Gasteiger partial charge is 0.267 e. The van der Waals surface area contributed by atoms with Gasteiger partial charge in [-0.15, -0.1) is 0 Å². The summed E-state index contributed by atoms with van der Waals surface area (Å²) in [4.78, 5) is 12.0. The molecule has 1 fully saturated rings. The number of carbonyl (C=O) groups excluding carboxylic acids is 1. The molecule has 0 aliphatic heterocycles. The highest BCUT2D eigenvalue weighted by molar-refractivity contribution is 5.93. The van der Waals surface area contributed by atoms with E-state index in [1.165, 1.54) is 19.3 Å². The summed E-state index contributed by atoms with van der Waals surface area (Å²) in [5, 5.41) is 3.01. The van der Waals surface area contributed by atoms with E-state index in [9.17, 15) is 4.79 Å². The van der Waals surface area contributed by atoms with E-state index in [1.807, 2.05) is 7.05 Å². The van der Waals surface area contributed by atoms with Crippen LogP contribution in [-0.2, 0) is 7.05 Å². The van der Waals surface area contributed by atoms with Gasteiger partial charge in [-0.1, -0.05) is 19.8 Å². The molecular formula is C13H21N3O. The minimum atomic E-state index is -0.0247. The normalized spacial score (nSPS) is 23.9. The minimum Gasteiger partial charge on any atom is -0.397 e. The number of carbonyl (C=O) groups is 1. The van der Waals surface area contributed by atoms with Crippen LogP contribution in [0.25, 0.3) is 0 Å². The molecule has 1 heterocycles. The zero-order chi connectivity index (χ0) is 12.4. The maximum Gasteiger partial charge on any atom is 0.267 e. The van der Waals surface area contributed by atoms with Crippen LogP contribution in [0.15, 0.2) is 12.3 Å². The Hall–Kier alpha value is -1.45. The van der Waals surface area contributed by atoms with E-state index in [2.05, 4.69) is 12.2 Å². The van der Waals surface area contributed by atoms with Crippen molar-refractivity contribution in [2.45, 2.75) is 26.2 Å². The average Bonchev–Trinajstić information content (AvgIpc) is 2.81. The van der Waals surface area contributed by atoms with Gasteiger partial charge < -0.3 is 15.6 Å². The Morgan fingerprint density at radius 1 is 1.59 bits per heavy atom. The van der Waals surface area contributed by atoms with Gasteiger partial charge in [0.2, 0.25) is 0 Å². The molecule has 4 heteroatoms. The van der Waals surface area contributed by atoms with Crippen LogP contribution in [0.5, 0.6) is 0 Å². The van der Waals surface area contributed by atoms with Crippen molar-refractivity contribution < 1.29 is 4.79 Å². The lowest BCUT2D eigenvalue weighted by Crippen LogP contribution is -2.31. The predicted octanol–water partition coefficient (Wildman–Crippen LogP) is 1.77. The lowest BCUT2D eigenvalue weighted by Gasteiger charge is -2.15. The monoisotopic (exact) mass is 235 g/mol. The molecule has 1 aliphatic carbocycles. The number of aryl methyl sites for hydroxylation is 1. The molecule has 94 valence electrons. The first kappa shape index (κ1) is 12.0. The van der Waals surface area contributed by atoms with Crippen LogP contribution in [0.4, 0.5) is 5.69 Å². The number of hydrogen-bond donors (Lipinski definition) is 2. The summed E-state index contributed by atoms with van der Waals surface area (Å²) >= 11 is 0. The molecule has 1 saturated carbocycles. The zero-order valence-electron chi connectivity index (χ0n) is 10.6. The molecule has 0 radical (unpaired) electrons. The molecule has 2 atom stereocenters. The highest BCUT2D eigenvalue weighted by atomic mass is 16.1. The van der Waals surface area contributed by atoms with Gasteiger partial charge in [0, 0.05) is 19.8 Å². The van der Waals surface area contributed by atoms with Crippen LogP contribution in [-0.4, -0.2) is 17.0 Å². The molecule has 0 bridgehead atoms. The van der Waals surface area contributed by atoms with Gasteiger partial charge in [0.05, 0.1) is 5.69 Å². The molecule has 1 amide bonds. The quantitative estimate of drug-likeness (QED) is 0.839. The van der Waals surface area contributed by atoms with Crippen LogP contribution >= 0.6 is 0 Å². The highest BCUT2D eigenvalue weighted by Crippen LogP contribution is 2.30. The summed E-state index contributed by atoms with van der Waals surface area (Å²) in [6.07, 6.45) is 5.57. The number of hydrogen-bond acceptors (Lipinski definition) is 2. The van der Waals surface area contributed by atoms with E-state index >= 15 is 0 Å². The first-order valence-electron chi connectivity index (χ1n) is 6.28. The predicted molar refractivity (Wildman–Crippen MR) is 68.7 cm³/mol. The molecule has 4 nitrogen and oxygen atoms in total. The lowest BCUT2D eigenvalue weighted by atomic mass is 9.98. The third-order valence-electron chi connectivity index (χ3n) is 3.82. The SMILES string of the molecule is CC1CCCC1CNC(=O)c1cc(N)cn1C. The van der Waals surface area contributed by atoms with Gasteiger partial charge >= 0.3 is 0 Å². The second-order valence-corrected chi connectivity index (χ2v) is 5.15. The molecule has 1 aromatic rings. The topological polar surface area (TPSA) is 60.1 Å². The maximum absolute atomic E-state index is 12.0. The Morgan fingerprint density at radius 2 is 2.35 bits per heavy atom. The fraction of sp³-hybridized carbons (Fsp3) is 0.615. The summed E-state index contributed by atoms with van der Waals surface area (Å²) in [6, 6.07) is 1.72. The maximum atomic E-state index is 12.0. The largest absolute Gasteiger partial charge is 0.397 e. The van der Waals surface area contributed by atoms with Crippen LogP contribution in [0.2, 0.25) is 0 Å². The van der Waals surface area contributed by atoms with Gasteiger partial charge in [0.15, 0.2) is 0 Å². The molecule has 3 N–H and O–H groups in total. The summed E-state index contributed by atoms with van der Waals surface area (Å²) in [6.45, 7) is 3.05. The fourth-order valence-corrected chi connectivity index (χ4v) is 2.66. The first-order valence-corrected chi connectivity index (χ1v) is 6.28. The molecule has 1 aromatic heterocycles.